The molecule has 2 aromatic rings. The number of anilines is 1. The average Bonchev–Trinajstić information content (AvgIpc) is 3.37. The number of carbonyl (C=O) groups excluding carboxylic acids is 1. The van der Waals surface area contributed by atoms with Gasteiger partial charge in [-0.25, -0.2) is 9.79 Å². The molecule has 0 saturated heterocycles. The second-order valence-electron chi connectivity index (χ2n) is 11.5. The van der Waals surface area contributed by atoms with Crippen molar-refractivity contribution in [1.29, 1.82) is 0 Å². The molecule has 2 aliphatic heterocycles. The first-order chi connectivity index (χ1) is 21.9. The Kier molecular flexibility index (Phi) is 10.7. The van der Waals surface area contributed by atoms with Crippen molar-refractivity contribution >= 4 is 17.7 Å². The predicted octanol–water partition coefficient (Wildman–Crippen LogP) is 8.93. The van der Waals surface area contributed by atoms with Gasteiger partial charge in [0.15, 0.2) is 0 Å². The molecule has 260 valence electrons. The summed E-state index contributed by atoms with van der Waals surface area (Å²) in [6.07, 6.45) is -13.5. The number of rotatable bonds is 10. The van der Waals surface area contributed by atoms with Crippen molar-refractivity contribution in [2.75, 3.05) is 11.5 Å². The highest BCUT2D eigenvalue weighted by Gasteiger charge is 2.45. The molecule has 0 spiro atoms. The molecule has 3 atom stereocenters. The molecule has 2 N–H and O–H groups in total. The van der Waals surface area contributed by atoms with Crippen LogP contribution in [0.15, 0.2) is 41.4 Å². The van der Waals surface area contributed by atoms with Crippen molar-refractivity contribution in [2.24, 2.45) is 4.99 Å². The number of hydroxylamine groups is 1. The predicted molar refractivity (Wildman–Crippen MR) is 154 cm³/mol. The van der Waals surface area contributed by atoms with Crippen molar-refractivity contribution in [3.05, 3.63) is 64.2 Å². The monoisotopic (exact) mass is 682 g/mol. The Morgan fingerprint density at radius 1 is 0.957 bits per heavy atom. The van der Waals surface area contributed by atoms with Gasteiger partial charge in [-0.05, 0) is 73.7 Å². The maximum atomic E-state index is 13.9. The number of hydrogen-bond donors (Lipinski definition) is 2. The lowest BCUT2D eigenvalue weighted by Crippen LogP contribution is -2.57. The van der Waals surface area contributed by atoms with Gasteiger partial charge >= 0.3 is 24.6 Å². The van der Waals surface area contributed by atoms with Crippen LogP contribution >= 0.6 is 0 Å². The average molecular weight is 683 g/mol. The van der Waals surface area contributed by atoms with Crippen molar-refractivity contribution < 1.29 is 53.9 Å². The molecule has 2 aromatic carbocycles. The van der Waals surface area contributed by atoms with Crippen LogP contribution in [0.25, 0.3) is 0 Å². The van der Waals surface area contributed by atoms with Gasteiger partial charge in [0.2, 0.25) is 11.7 Å². The van der Waals surface area contributed by atoms with Gasteiger partial charge in [-0.2, -0.15) is 39.5 Å². The first-order valence-electron chi connectivity index (χ1n) is 15.2. The van der Waals surface area contributed by atoms with Gasteiger partial charge in [0.05, 0.1) is 29.0 Å². The number of fused-ring (bicyclic) bond motifs is 1. The highest BCUT2D eigenvalue weighted by Crippen LogP contribution is 2.44. The van der Waals surface area contributed by atoms with E-state index >= 15 is 0 Å². The summed E-state index contributed by atoms with van der Waals surface area (Å²) in [4.78, 5) is 24.3. The summed E-state index contributed by atoms with van der Waals surface area (Å²) in [6.45, 7) is 5.28. The first-order valence-corrected chi connectivity index (χ1v) is 15.2. The Morgan fingerprint density at radius 3 is 2.15 bits per heavy atom. The van der Waals surface area contributed by atoms with Gasteiger partial charge in [-0.3, -0.25) is 10.2 Å². The van der Waals surface area contributed by atoms with E-state index in [2.05, 4.69) is 15.8 Å². The van der Waals surface area contributed by atoms with Gasteiger partial charge in [0.25, 0.3) is 0 Å². The summed E-state index contributed by atoms with van der Waals surface area (Å²) in [5.41, 5.74) is -1.76. The minimum Gasteiger partial charge on any atom is -0.449 e. The van der Waals surface area contributed by atoms with Gasteiger partial charge in [0, 0.05) is 24.9 Å². The van der Waals surface area contributed by atoms with Gasteiger partial charge in [-0.1, -0.05) is 26.7 Å². The summed E-state index contributed by atoms with van der Waals surface area (Å²) in [5, 5.41) is 3.08. The number of ether oxygens (including phenoxy) is 1. The molecule has 0 bridgehead atoms. The van der Waals surface area contributed by atoms with Gasteiger partial charge in [0.1, 0.15) is 0 Å². The highest BCUT2D eigenvalue weighted by molar-refractivity contribution is 5.90. The molecule has 4 rings (SSSR count). The van der Waals surface area contributed by atoms with Crippen LogP contribution in [-0.4, -0.2) is 30.4 Å². The molecule has 0 fully saturated rings. The first kappa shape index (κ1) is 36.3. The number of aliphatic imine (C=N–C) groups is 1. The van der Waals surface area contributed by atoms with E-state index < -0.39 is 71.2 Å². The Hall–Kier alpha value is -3.53. The number of amides is 1. The maximum Gasteiger partial charge on any atom is 0.416 e. The molecule has 7 nitrogen and oxygen atoms in total. The van der Waals surface area contributed by atoms with Crippen molar-refractivity contribution in [3.8, 4) is 0 Å². The highest BCUT2D eigenvalue weighted by atomic mass is 19.4. The molecule has 2 heterocycles. The van der Waals surface area contributed by atoms with Crippen LogP contribution in [0.3, 0.4) is 0 Å². The fourth-order valence-electron chi connectivity index (χ4n) is 5.79. The summed E-state index contributed by atoms with van der Waals surface area (Å²) >= 11 is 0. The molecule has 47 heavy (non-hydrogen) atoms. The van der Waals surface area contributed by atoms with Crippen molar-refractivity contribution in [2.45, 2.75) is 102 Å². The summed E-state index contributed by atoms with van der Waals surface area (Å²) < 4.78 is 129. The fraction of sp³-hybridized carbons (Fsp3) is 0.548. The van der Waals surface area contributed by atoms with E-state index in [0.29, 0.717) is 25.0 Å². The van der Waals surface area contributed by atoms with Crippen LogP contribution in [0.5, 0.6) is 0 Å². The van der Waals surface area contributed by atoms with Crippen LogP contribution < -0.4 is 15.7 Å². The number of nitrogens with zero attached hydrogens (tertiary/aromatic N) is 2. The molecule has 0 saturated carbocycles. The largest absolute Gasteiger partial charge is 0.449 e. The van der Waals surface area contributed by atoms with E-state index in [1.54, 1.807) is 13.8 Å². The third-order valence-electron chi connectivity index (χ3n) is 7.97. The number of carbonyl (C=O) groups is 1. The molecule has 0 aliphatic carbocycles. The van der Waals surface area contributed by atoms with E-state index in [1.165, 1.54) is 4.90 Å². The number of nitrogens with one attached hydrogen (secondary N) is 2. The second kappa shape index (κ2) is 13.9. The molecule has 0 aromatic heterocycles. The van der Waals surface area contributed by atoms with Crippen LogP contribution in [-0.2, 0) is 34.5 Å². The Bertz CT molecular complexity index is 1430. The number of hydrogen-bond acceptors (Lipinski definition) is 6. The number of unbranched alkanes of at least 4 members (excludes halogenated alkanes) is 2. The third kappa shape index (κ3) is 8.50. The second-order valence-corrected chi connectivity index (χ2v) is 11.5. The van der Waals surface area contributed by atoms with Crippen molar-refractivity contribution in [1.82, 2.24) is 10.8 Å². The molecular weight excluding hydrogens is 647 g/mol. The van der Waals surface area contributed by atoms with E-state index in [1.807, 2.05) is 6.92 Å². The molecule has 1 amide bonds. The standard InChI is InChI=1S/C31H35F9N4O3/c1-4-7-8-9-26-42-28(43-47-26,17-18-12-20(30(35,36)37)14-21(13-18)31(38,39)40)41-24-16-22(5-2)44(27(45)46-6-3)25-11-10-19(15-23(24)25)29(32,33)34/h10-15,22,24,41,43H,4-9,16-17H2,1-3H3/t22-,24+,28?/m1/s1. The van der Waals surface area contributed by atoms with E-state index in [0.717, 1.165) is 31.0 Å². The van der Waals surface area contributed by atoms with Crippen molar-refractivity contribution in [3.63, 3.8) is 0 Å². The Balaban J connectivity index is 1.84. The zero-order valence-corrected chi connectivity index (χ0v) is 25.8. The van der Waals surface area contributed by atoms with Crippen LogP contribution in [0.1, 0.15) is 93.2 Å². The number of benzene rings is 2. The molecule has 2 aliphatic rings. The number of halogens is 9. The molecule has 16 heteroatoms. The van der Waals surface area contributed by atoms with E-state index in [9.17, 15) is 44.3 Å². The zero-order chi connectivity index (χ0) is 34.8. The summed E-state index contributed by atoms with van der Waals surface area (Å²) in [7, 11) is 0. The Morgan fingerprint density at radius 2 is 1.60 bits per heavy atom. The van der Waals surface area contributed by atoms with E-state index in [-0.39, 0.29) is 42.7 Å². The number of alkyl halides is 9. The summed E-state index contributed by atoms with van der Waals surface area (Å²) in [5.74, 6) is -1.77. The van der Waals surface area contributed by atoms with E-state index in [4.69, 9.17) is 9.57 Å². The van der Waals surface area contributed by atoms with Gasteiger partial charge in [-0.15, -0.1) is 5.48 Å². The smallest absolute Gasteiger partial charge is 0.416 e. The maximum absolute atomic E-state index is 13.9. The fourth-order valence-corrected chi connectivity index (χ4v) is 5.79. The molecule has 1 unspecified atom stereocenters. The zero-order valence-electron chi connectivity index (χ0n) is 25.8. The SMILES string of the molecule is CCCCCC1=NC(Cc2cc(C(F)(F)F)cc(C(F)(F)F)c2)(N[C@H]2C[C@@H](CC)N(C(=O)OCC)c3ccc(C(F)(F)F)cc32)NO1. The lowest BCUT2D eigenvalue weighted by molar-refractivity contribution is -0.143. The van der Waals surface area contributed by atoms with Gasteiger partial charge < -0.3 is 9.57 Å². The minimum absolute atomic E-state index is 0.000209. The molecule has 0 radical (unpaired) electrons. The lowest BCUT2D eigenvalue weighted by Gasteiger charge is -2.42. The lowest BCUT2D eigenvalue weighted by atomic mass is 9.88. The molecular formula is C31H35F9N4O3. The normalized spacial score (nSPS) is 21.7. The third-order valence-corrected chi connectivity index (χ3v) is 7.97. The van der Waals surface area contributed by atoms with Crippen LogP contribution in [0.4, 0.5) is 50.0 Å². The summed E-state index contributed by atoms with van der Waals surface area (Å²) in [6, 6.07) is 2.33. The minimum atomic E-state index is -5.11. The Labute approximate surface area is 265 Å². The van der Waals surface area contributed by atoms with Crippen LogP contribution in [0, 0.1) is 0 Å². The van der Waals surface area contributed by atoms with Crippen LogP contribution in [0.2, 0.25) is 0 Å². The quantitative estimate of drug-likeness (QED) is 0.193. The topological polar surface area (TPSA) is 75.2 Å².